The minimum absolute atomic E-state index is 0.197. The van der Waals surface area contributed by atoms with Crippen molar-refractivity contribution >= 4 is 22.9 Å². The summed E-state index contributed by atoms with van der Waals surface area (Å²) in [5, 5.41) is 1.74. The highest BCUT2D eigenvalue weighted by molar-refractivity contribution is 8.15. The fourth-order valence-electron chi connectivity index (χ4n) is 2.72. The second-order valence-electron chi connectivity index (χ2n) is 5.92. The number of nitrogens with one attached hydrogen (secondary N) is 1. The predicted octanol–water partition coefficient (Wildman–Crippen LogP) is 3.08. The molecule has 1 heterocycles. The van der Waals surface area contributed by atoms with Crippen LogP contribution in [0.3, 0.4) is 0 Å². The van der Waals surface area contributed by atoms with Crippen molar-refractivity contribution < 1.29 is 14.3 Å². The Morgan fingerprint density at radius 3 is 2.29 bits per heavy atom. The minimum Gasteiger partial charge on any atom is -0.492 e. The zero-order chi connectivity index (χ0) is 17.4. The molecule has 24 heavy (non-hydrogen) atoms. The van der Waals surface area contributed by atoms with Crippen molar-refractivity contribution in [2.75, 3.05) is 26.2 Å². The maximum Gasteiger partial charge on any atom is 0.286 e. The van der Waals surface area contributed by atoms with Gasteiger partial charge in [-0.25, -0.2) is 0 Å². The Bertz CT molecular complexity index is 542. The molecule has 1 fully saturated rings. The number of benzene rings is 1. The molecular formula is C18H26N2O3S. The molecule has 1 atom stereocenters. The molecule has 1 aromatic carbocycles. The van der Waals surface area contributed by atoms with E-state index in [1.807, 2.05) is 24.3 Å². The molecule has 0 aromatic heterocycles. The lowest BCUT2D eigenvalue weighted by Crippen LogP contribution is -2.30. The number of hydrogen-bond donors (Lipinski definition) is 1. The van der Waals surface area contributed by atoms with E-state index in [0.29, 0.717) is 13.0 Å². The smallest absolute Gasteiger partial charge is 0.286 e. The summed E-state index contributed by atoms with van der Waals surface area (Å²) in [6.45, 7) is 8.21. The standard InChI is InChI=1S/C18H26N2O3S/c1-3-9-20(10-4-2)11-12-23-15-7-5-14(6-8-15)13-16-17(21)19-18(22)24-16/h5-8,16H,3-4,9-13H2,1-2H3,(H,19,21,22). The maximum atomic E-state index is 11.6. The van der Waals surface area contributed by atoms with Gasteiger partial charge in [0.1, 0.15) is 12.4 Å². The van der Waals surface area contributed by atoms with E-state index in [9.17, 15) is 9.59 Å². The van der Waals surface area contributed by atoms with E-state index in [2.05, 4.69) is 24.1 Å². The Labute approximate surface area is 148 Å². The molecule has 1 saturated heterocycles. The van der Waals surface area contributed by atoms with Crippen molar-refractivity contribution in [1.29, 1.82) is 0 Å². The summed E-state index contributed by atoms with van der Waals surface area (Å²) in [6, 6.07) is 7.78. The molecule has 1 unspecified atom stereocenters. The van der Waals surface area contributed by atoms with Gasteiger partial charge in [0.25, 0.3) is 5.24 Å². The lowest BCUT2D eigenvalue weighted by atomic mass is 10.1. The third-order valence-corrected chi connectivity index (χ3v) is 4.85. The number of ether oxygens (including phenoxy) is 1. The third-order valence-electron chi connectivity index (χ3n) is 3.87. The molecule has 132 valence electrons. The summed E-state index contributed by atoms with van der Waals surface area (Å²) in [6.07, 6.45) is 2.87. The molecule has 0 aliphatic carbocycles. The number of thioether (sulfide) groups is 1. The molecule has 1 aliphatic heterocycles. The quantitative estimate of drug-likeness (QED) is 0.703. The van der Waals surface area contributed by atoms with E-state index in [1.54, 1.807) is 0 Å². The van der Waals surface area contributed by atoms with Gasteiger partial charge >= 0.3 is 0 Å². The predicted molar refractivity (Wildman–Crippen MR) is 97.6 cm³/mol. The lowest BCUT2D eigenvalue weighted by molar-refractivity contribution is -0.118. The van der Waals surface area contributed by atoms with Gasteiger partial charge in [-0.1, -0.05) is 37.7 Å². The summed E-state index contributed by atoms with van der Waals surface area (Å²) in [7, 11) is 0. The minimum atomic E-state index is -0.319. The molecule has 2 rings (SSSR count). The van der Waals surface area contributed by atoms with Crippen LogP contribution in [0.25, 0.3) is 0 Å². The Balaban J connectivity index is 1.77. The van der Waals surface area contributed by atoms with Crippen molar-refractivity contribution in [3.05, 3.63) is 29.8 Å². The highest BCUT2D eigenvalue weighted by Crippen LogP contribution is 2.23. The molecule has 1 aromatic rings. The zero-order valence-corrected chi connectivity index (χ0v) is 15.2. The third kappa shape index (κ3) is 5.83. The van der Waals surface area contributed by atoms with Crippen LogP contribution in [0.15, 0.2) is 24.3 Å². The summed E-state index contributed by atoms with van der Waals surface area (Å²) >= 11 is 1.06. The molecule has 0 bridgehead atoms. The topological polar surface area (TPSA) is 58.6 Å². The number of hydrogen-bond acceptors (Lipinski definition) is 5. The van der Waals surface area contributed by atoms with E-state index in [1.165, 1.54) is 0 Å². The second kappa shape index (κ2) is 9.69. The molecule has 1 aliphatic rings. The van der Waals surface area contributed by atoms with Gasteiger partial charge in [0.2, 0.25) is 5.91 Å². The normalized spacial score (nSPS) is 17.4. The van der Waals surface area contributed by atoms with Gasteiger partial charge in [-0.2, -0.15) is 0 Å². The largest absolute Gasteiger partial charge is 0.492 e. The van der Waals surface area contributed by atoms with Crippen LogP contribution in [0.1, 0.15) is 32.3 Å². The van der Waals surface area contributed by atoms with E-state index < -0.39 is 0 Å². The molecule has 1 N–H and O–H groups in total. The van der Waals surface area contributed by atoms with Gasteiger partial charge in [0.15, 0.2) is 0 Å². The number of rotatable bonds is 10. The molecule has 0 spiro atoms. The number of amides is 2. The zero-order valence-electron chi connectivity index (χ0n) is 14.4. The first kappa shape index (κ1) is 18.8. The van der Waals surface area contributed by atoms with Gasteiger partial charge in [-0.05, 0) is 50.0 Å². The number of carbonyl (C=O) groups is 2. The summed E-state index contributed by atoms with van der Waals surface area (Å²) in [4.78, 5) is 25.2. The van der Waals surface area contributed by atoms with E-state index in [4.69, 9.17) is 4.74 Å². The Morgan fingerprint density at radius 2 is 1.75 bits per heavy atom. The highest BCUT2D eigenvalue weighted by atomic mass is 32.2. The van der Waals surface area contributed by atoms with Crippen LogP contribution >= 0.6 is 11.8 Å². The average molecular weight is 350 g/mol. The summed E-state index contributed by atoms with van der Waals surface area (Å²) in [5.74, 6) is 0.642. The van der Waals surface area contributed by atoms with E-state index in [0.717, 1.165) is 55.6 Å². The van der Waals surface area contributed by atoms with Gasteiger partial charge in [-0.3, -0.25) is 19.8 Å². The Hall–Kier alpha value is -1.53. The van der Waals surface area contributed by atoms with Gasteiger partial charge < -0.3 is 4.74 Å². The Morgan fingerprint density at radius 1 is 1.08 bits per heavy atom. The molecule has 0 saturated carbocycles. The first-order valence-electron chi connectivity index (χ1n) is 8.58. The van der Waals surface area contributed by atoms with Crippen LogP contribution < -0.4 is 10.1 Å². The van der Waals surface area contributed by atoms with E-state index in [-0.39, 0.29) is 16.4 Å². The SMILES string of the molecule is CCCN(CCC)CCOc1ccc(CC2SC(=O)NC2=O)cc1. The first-order chi connectivity index (χ1) is 11.6. The van der Waals surface area contributed by atoms with Gasteiger partial charge in [0, 0.05) is 6.54 Å². The van der Waals surface area contributed by atoms with Crippen LogP contribution in [0, 0.1) is 0 Å². The number of carbonyl (C=O) groups excluding carboxylic acids is 2. The molecular weight excluding hydrogens is 324 g/mol. The average Bonchev–Trinajstić information content (AvgIpc) is 2.87. The fraction of sp³-hybridized carbons (Fsp3) is 0.556. The van der Waals surface area contributed by atoms with Crippen LogP contribution in [-0.2, 0) is 11.2 Å². The highest BCUT2D eigenvalue weighted by Gasteiger charge is 2.31. The Kier molecular flexibility index (Phi) is 7.59. The van der Waals surface area contributed by atoms with E-state index >= 15 is 0 Å². The van der Waals surface area contributed by atoms with Crippen molar-refractivity contribution in [2.45, 2.75) is 38.4 Å². The van der Waals surface area contributed by atoms with Crippen LogP contribution in [0.4, 0.5) is 4.79 Å². The van der Waals surface area contributed by atoms with Gasteiger partial charge in [-0.15, -0.1) is 0 Å². The van der Waals surface area contributed by atoms with Crippen molar-refractivity contribution in [1.82, 2.24) is 10.2 Å². The molecule has 2 amide bonds. The first-order valence-corrected chi connectivity index (χ1v) is 9.46. The fourth-order valence-corrected chi connectivity index (χ4v) is 3.58. The van der Waals surface area contributed by atoms with Gasteiger partial charge in [0.05, 0.1) is 5.25 Å². The van der Waals surface area contributed by atoms with Crippen molar-refractivity contribution in [3.8, 4) is 5.75 Å². The monoisotopic (exact) mass is 350 g/mol. The lowest BCUT2D eigenvalue weighted by Gasteiger charge is -2.20. The van der Waals surface area contributed by atoms with Crippen LogP contribution in [-0.4, -0.2) is 47.5 Å². The molecule has 0 radical (unpaired) electrons. The van der Waals surface area contributed by atoms with Crippen LogP contribution in [0.2, 0.25) is 0 Å². The number of imide groups is 1. The number of nitrogens with zero attached hydrogens (tertiary/aromatic N) is 1. The van der Waals surface area contributed by atoms with Crippen molar-refractivity contribution in [3.63, 3.8) is 0 Å². The second-order valence-corrected chi connectivity index (χ2v) is 7.10. The van der Waals surface area contributed by atoms with Crippen molar-refractivity contribution in [2.24, 2.45) is 0 Å². The summed E-state index contributed by atoms with van der Waals surface area (Å²) < 4.78 is 5.81. The molecule has 6 heteroatoms. The van der Waals surface area contributed by atoms with Crippen LogP contribution in [0.5, 0.6) is 5.75 Å². The molecule has 5 nitrogen and oxygen atoms in total. The maximum absolute atomic E-state index is 11.6. The summed E-state index contributed by atoms with van der Waals surface area (Å²) in [5.41, 5.74) is 1.03.